The van der Waals surface area contributed by atoms with Gasteiger partial charge in [0.05, 0.1) is 4.92 Å². The van der Waals surface area contributed by atoms with Gasteiger partial charge in [0.15, 0.2) is 0 Å². The molecule has 24 heavy (non-hydrogen) atoms. The van der Waals surface area contributed by atoms with Crippen molar-refractivity contribution in [2.75, 3.05) is 6.54 Å². The summed E-state index contributed by atoms with van der Waals surface area (Å²) in [4.78, 5) is 12.7. The van der Waals surface area contributed by atoms with Crippen molar-refractivity contribution in [3.05, 3.63) is 75.5 Å². The van der Waals surface area contributed by atoms with Crippen LogP contribution in [0.5, 0.6) is 0 Å². The summed E-state index contributed by atoms with van der Waals surface area (Å²) < 4.78 is 5.93. The van der Waals surface area contributed by atoms with Crippen molar-refractivity contribution in [1.82, 2.24) is 4.90 Å². The van der Waals surface area contributed by atoms with Gasteiger partial charge in [0, 0.05) is 49.1 Å². The van der Waals surface area contributed by atoms with Crippen molar-refractivity contribution in [3.8, 4) is 0 Å². The highest BCUT2D eigenvalue weighted by molar-refractivity contribution is 5.85. The van der Waals surface area contributed by atoms with Gasteiger partial charge in [-0.25, -0.2) is 0 Å². The number of fused-ring (bicyclic) bond motifs is 3. The highest BCUT2D eigenvalue weighted by Gasteiger charge is 2.22. The minimum absolute atomic E-state index is 0. The molecule has 0 bridgehead atoms. The third-order valence-corrected chi connectivity index (χ3v) is 4.37. The van der Waals surface area contributed by atoms with E-state index in [-0.39, 0.29) is 23.0 Å². The summed E-state index contributed by atoms with van der Waals surface area (Å²) in [5.41, 5.74) is 3.45. The zero-order valence-corrected chi connectivity index (χ0v) is 13.8. The Balaban J connectivity index is 0.00000169. The SMILES string of the molecule is Cl.O=[N+]([O-])c1ccc(CN2CCc3oc4ccccc4c3C2)cc1. The number of hydrogen-bond donors (Lipinski definition) is 0. The summed E-state index contributed by atoms with van der Waals surface area (Å²) in [6, 6.07) is 14.9. The van der Waals surface area contributed by atoms with E-state index in [0.717, 1.165) is 43.0 Å². The number of nitrogens with zero attached hydrogens (tertiary/aromatic N) is 2. The molecule has 0 saturated heterocycles. The first-order chi connectivity index (χ1) is 11.2. The lowest BCUT2D eigenvalue weighted by Gasteiger charge is -2.26. The van der Waals surface area contributed by atoms with Gasteiger partial charge in [0.2, 0.25) is 0 Å². The molecule has 0 spiro atoms. The zero-order valence-electron chi connectivity index (χ0n) is 13.0. The van der Waals surface area contributed by atoms with Crippen LogP contribution in [-0.2, 0) is 19.5 Å². The predicted octanol–water partition coefficient (Wildman–Crippen LogP) is 4.32. The van der Waals surface area contributed by atoms with Gasteiger partial charge in [-0.2, -0.15) is 0 Å². The molecular weight excluding hydrogens is 328 g/mol. The molecule has 3 aromatic rings. The van der Waals surface area contributed by atoms with Crippen molar-refractivity contribution >= 4 is 29.1 Å². The molecule has 5 nitrogen and oxygen atoms in total. The topological polar surface area (TPSA) is 59.5 Å². The van der Waals surface area contributed by atoms with Gasteiger partial charge < -0.3 is 4.42 Å². The molecule has 1 aromatic heterocycles. The quantitative estimate of drug-likeness (QED) is 0.524. The van der Waals surface area contributed by atoms with E-state index in [1.165, 1.54) is 10.9 Å². The number of rotatable bonds is 3. The van der Waals surface area contributed by atoms with Gasteiger partial charge >= 0.3 is 0 Å². The van der Waals surface area contributed by atoms with Crippen LogP contribution in [0.2, 0.25) is 0 Å². The summed E-state index contributed by atoms with van der Waals surface area (Å²) in [5.74, 6) is 1.09. The van der Waals surface area contributed by atoms with E-state index < -0.39 is 0 Å². The molecule has 6 heteroatoms. The first-order valence-electron chi connectivity index (χ1n) is 7.66. The lowest BCUT2D eigenvalue weighted by Crippen LogP contribution is -2.29. The molecule has 1 aliphatic heterocycles. The molecule has 1 aliphatic rings. The second-order valence-corrected chi connectivity index (χ2v) is 5.88. The molecule has 0 fully saturated rings. The van der Waals surface area contributed by atoms with Gasteiger partial charge in [-0.05, 0) is 11.6 Å². The highest BCUT2D eigenvalue weighted by Crippen LogP contribution is 2.31. The maximum Gasteiger partial charge on any atom is 0.269 e. The average molecular weight is 345 g/mol. The van der Waals surface area contributed by atoms with Crippen LogP contribution in [0.1, 0.15) is 16.9 Å². The summed E-state index contributed by atoms with van der Waals surface area (Å²) >= 11 is 0. The monoisotopic (exact) mass is 344 g/mol. The fourth-order valence-electron chi connectivity index (χ4n) is 3.20. The van der Waals surface area contributed by atoms with Crippen molar-refractivity contribution in [1.29, 1.82) is 0 Å². The Bertz CT molecular complexity index is 874. The van der Waals surface area contributed by atoms with E-state index >= 15 is 0 Å². The normalized spacial score (nSPS) is 14.2. The van der Waals surface area contributed by atoms with Crippen LogP contribution in [0, 0.1) is 10.1 Å². The molecule has 0 radical (unpaired) electrons. The maximum atomic E-state index is 10.7. The van der Waals surface area contributed by atoms with E-state index in [1.807, 2.05) is 30.3 Å². The number of nitro groups is 1. The zero-order chi connectivity index (χ0) is 15.8. The third kappa shape index (κ3) is 3.00. The summed E-state index contributed by atoms with van der Waals surface area (Å²) in [7, 11) is 0. The molecule has 0 N–H and O–H groups in total. The average Bonchev–Trinajstić information content (AvgIpc) is 2.93. The molecule has 0 saturated carbocycles. The first kappa shape index (κ1) is 16.5. The second-order valence-electron chi connectivity index (χ2n) is 5.88. The molecule has 0 aliphatic carbocycles. The molecule has 2 aromatic carbocycles. The van der Waals surface area contributed by atoms with Crippen molar-refractivity contribution in [3.63, 3.8) is 0 Å². The standard InChI is InChI=1S/C18H16N2O3.ClH/c21-20(22)14-7-5-13(6-8-14)11-19-10-9-18-16(12-19)15-3-1-2-4-17(15)23-18;/h1-8H,9-12H2;1H. The minimum Gasteiger partial charge on any atom is -0.461 e. The van der Waals surface area contributed by atoms with E-state index in [1.54, 1.807) is 12.1 Å². The van der Waals surface area contributed by atoms with E-state index in [2.05, 4.69) is 11.0 Å². The number of nitro benzene ring substituents is 1. The van der Waals surface area contributed by atoms with E-state index in [4.69, 9.17) is 4.42 Å². The smallest absolute Gasteiger partial charge is 0.269 e. The number of halogens is 1. The number of hydrogen-bond acceptors (Lipinski definition) is 4. The Morgan fingerprint density at radius 1 is 1.12 bits per heavy atom. The second kappa shape index (κ2) is 6.63. The maximum absolute atomic E-state index is 10.7. The molecule has 0 unspecified atom stereocenters. The number of para-hydroxylation sites is 1. The Morgan fingerprint density at radius 2 is 1.88 bits per heavy atom. The highest BCUT2D eigenvalue weighted by atomic mass is 35.5. The lowest BCUT2D eigenvalue weighted by molar-refractivity contribution is -0.384. The molecule has 124 valence electrons. The van der Waals surface area contributed by atoms with Gasteiger partial charge in [-0.3, -0.25) is 15.0 Å². The van der Waals surface area contributed by atoms with Crippen molar-refractivity contribution < 1.29 is 9.34 Å². The molecule has 4 rings (SSSR count). The van der Waals surface area contributed by atoms with Gasteiger partial charge in [0.1, 0.15) is 11.3 Å². The van der Waals surface area contributed by atoms with E-state index in [9.17, 15) is 10.1 Å². The first-order valence-corrected chi connectivity index (χ1v) is 7.66. The summed E-state index contributed by atoms with van der Waals surface area (Å²) in [6.45, 7) is 2.57. The van der Waals surface area contributed by atoms with Crippen LogP contribution in [0.25, 0.3) is 11.0 Å². The molecule has 0 atom stereocenters. The number of non-ortho nitro benzene ring substituents is 1. The predicted molar refractivity (Wildman–Crippen MR) is 94.4 cm³/mol. The lowest BCUT2D eigenvalue weighted by atomic mass is 10.0. The fraction of sp³-hybridized carbons (Fsp3) is 0.222. The largest absolute Gasteiger partial charge is 0.461 e. The van der Waals surface area contributed by atoms with E-state index in [0.29, 0.717) is 0 Å². The Morgan fingerprint density at radius 3 is 2.62 bits per heavy atom. The number of furan rings is 1. The Hall–Kier alpha value is -2.37. The van der Waals surface area contributed by atoms with Gasteiger partial charge in [-0.15, -0.1) is 12.4 Å². The Labute approximate surface area is 145 Å². The van der Waals surface area contributed by atoms with Crippen molar-refractivity contribution in [2.24, 2.45) is 0 Å². The van der Waals surface area contributed by atoms with Gasteiger partial charge in [-0.1, -0.05) is 30.3 Å². The fourth-order valence-corrected chi connectivity index (χ4v) is 3.20. The van der Waals surface area contributed by atoms with Crippen LogP contribution in [0.3, 0.4) is 0 Å². The van der Waals surface area contributed by atoms with Crippen LogP contribution < -0.4 is 0 Å². The Kier molecular flexibility index (Phi) is 4.55. The minimum atomic E-state index is -0.367. The van der Waals surface area contributed by atoms with Crippen LogP contribution in [0.15, 0.2) is 52.9 Å². The third-order valence-electron chi connectivity index (χ3n) is 4.37. The van der Waals surface area contributed by atoms with Crippen LogP contribution in [0.4, 0.5) is 5.69 Å². The molecule has 0 amide bonds. The summed E-state index contributed by atoms with van der Waals surface area (Å²) in [6.07, 6.45) is 0.900. The summed E-state index contributed by atoms with van der Waals surface area (Å²) in [5, 5.41) is 11.9. The van der Waals surface area contributed by atoms with Crippen LogP contribution >= 0.6 is 12.4 Å². The molecular formula is C18H17ClN2O3. The van der Waals surface area contributed by atoms with Gasteiger partial charge in [0.25, 0.3) is 5.69 Å². The number of benzene rings is 2. The van der Waals surface area contributed by atoms with Crippen molar-refractivity contribution in [2.45, 2.75) is 19.5 Å². The molecule has 2 heterocycles. The van der Waals surface area contributed by atoms with Crippen LogP contribution in [-0.4, -0.2) is 16.4 Å².